The molecule has 1 aromatic carbocycles. The first-order valence-corrected chi connectivity index (χ1v) is 8.08. The van der Waals surface area contributed by atoms with Gasteiger partial charge in [-0.1, -0.05) is 17.3 Å². The van der Waals surface area contributed by atoms with Crippen molar-refractivity contribution in [1.82, 2.24) is 20.0 Å². The molecule has 1 saturated heterocycles. The molecule has 0 atom stereocenters. The average Bonchev–Trinajstić information content (AvgIpc) is 3.15. The number of hydrogen-bond acceptors (Lipinski definition) is 5. The second-order valence-corrected chi connectivity index (χ2v) is 6.06. The van der Waals surface area contributed by atoms with Gasteiger partial charge in [-0.15, -0.1) is 0 Å². The number of H-pyrrole nitrogens is 1. The summed E-state index contributed by atoms with van der Waals surface area (Å²) in [5.41, 5.74) is 2.44. The van der Waals surface area contributed by atoms with Crippen LogP contribution in [0.1, 0.15) is 23.0 Å². The van der Waals surface area contributed by atoms with E-state index in [1.807, 2.05) is 13.0 Å². The highest BCUT2D eigenvalue weighted by atomic mass is 19.1. The van der Waals surface area contributed by atoms with Gasteiger partial charge in [0.2, 0.25) is 5.89 Å². The van der Waals surface area contributed by atoms with Crippen molar-refractivity contribution < 1.29 is 13.7 Å². The lowest BCUT2D eigenvalue weighted by Gasteiger charge is -2.24. The van der Waals surface area contributed by atoms with E-state index in [1.165, 1.54) is 6.07 Å². The Kier molecular flexibility index (Phi) is 4.03. The summed E-state index contributed by atoms with van der Waals surface area (Å²) in [6.07, 6.45) is 0.491. The summed E-state index contributed by atoms with van der Waals surface area (Å²) in [4.78, 5) is 9.82. The van der Waals surface area contributed by atoms with Crippen molar-refractivity contribution in [2.75, 3.05) is 26.3 Å². The van der Waals surface area contributed by atoms with Gasteiger partial charge in [0.1, 0.15) is 5.82 Å². The molecule has 126 valence electrons. The zero-order valence-electron chi connectivity index (χ0n) is 13.5. The molecular weight excluding hydrogens is 311 g/mol. The molecule has 3 aromatic rings. The van der Waals surface area contributed by atoms with Crippen LogP contribution in [-0.2, 0) is 17.7 Å². The first-order chi connectivity index (χ1) is 11.7. The Balaban J connectivity index is 1.54. The van der Waals surface area contributed by atoms with E-state index in [-0.39, 0.29) is 5.82 Å². The highest BCUT2D eigenvalue weighted by Gasteiger charge is 2.17. The Morgan fingerprint density at radius 1 is 1.29 bits per heavy atom. The van der Waals surface area contributed by atoms with Crippen LogP contribution in [0.15, 0.2) is 22.7 Å². The third-order valence-corrected chi connectivity index (χ3v) is 4.41. The van der Waals surface area contributed by atoms with Crippen molar-refractivity contribution in [3.63, 3.8) is 0 Å². The number of aryl methyl sites for hydroxylation is 1. The molecular formula is C17H19FN4O2. The largest absolute Gasteiger partial charge is 0.379 e. The van der Waals surface area contributed by atoms with Crippen molar-refractivity contribution in [2.45, 2.75) is 19.9 Å². The van der Waals surface area contributed by atoms with Crippen LogP contribution in [0, 0.1) is 12.7 Å². The molecule has 4 rings (SSSR count). The molecule has 1 aliphatic rings. The van der Waals surface area contributed by atoms with Crippen LogP contribution in [-0.4, -0.2) is 46.3 Å². The Hall–Kier alpha value is -2.25. The van der Waals surface area contributed by atoms with Gasteiger partial charge in [-0.2, -0.15) is 4.98 Å². The molecule has 24 heavy (non-hydrogen) atoms. The monoisotopic (exact) mass is 330 g/mol. The number of rotatable bonds is 4. The fourth-order valence-electron chi connectivity index (χ4n) is 3.13. The van der Waals surface area contributed by atoms with Gasteiger partial charge in [-0.3, -0.25) is 4.90 Å². The van der Waals surface area contributed by atoms with Crippen molar-refractivity contribution in [3.8, 4) is 0 Å². The Morgan fingerprint density at radius 2 is 2.12 bits per heavy atom. The summed E-state index contributed by atoms with van der Waals surface area (Å²) in [5, 5.41) is 4.93. The number of hydrogen-bond donors (Lipinski definition) is 1. The standard InChI is InChI=1S/C17H19FN4O2/c1-11-13(12-3-2-4-14(18)17(12)19-11)9-16-20-15(21-24-16)10-22-5-7-23-8-6-22/h2-4,19H,5-10H2,1H3. The summed E-state index contributed by atoms with van der Waals surface area (Å²) < 4.78 is 24.6. The first-order valence-electron chi connectivity index (χ1n) is 8.08. The number of benzene rings is 1. The van der Waals surface area contributed by atoms with Gasteiger partial charge in [-0.05, 0) is 18.6 Å². The summed E-state index contributed by atoms with van der Waals surface area (Å²) in [7, 11) is 0. The van der Waals surface area contributed by atoms with Crippen molar-refractivity contribution in [2.24, 2.45) is 0 Å². The number of nitrogens with one attached hydrogen (secondary N) is 1. The number of aromatic amines is 1. The van der Waals surface area contributed by atoms with E-state index in [0.29, 0.717) is 30.2 Å². The van der Waals surface area contributed by atoms with Gasteiger partial charge >= 0.3 is 0 Å². The summed E-state index contributed by atoms with van der Waals surface area (Å²) >= 11 is 0. The molecule has 0 spiro atoms. The molecule has 3 heterocycles. The lowest BCUT2D eigenvalue weighted by atomic mass is 10.1. The second kappa shape index (κ2) is 6.33. The van der Waals surface area contributed by atoms with Crippen molar-refractivity contribution in [3.05, 3.63) is 47.0 Å². The smallest absolute Gasteiger partial charge is 0.231 e. The highest BCUT2D eigenvalue weighted by Crippen LogP contribution is 2.26. The van der Waals surface area contributed by atoms with Gasteiger partial charge in [0.25, 0.3) is 0 Å². The quantitative estimate of drug-likeness (QED) is 0.796. The molecule has 0 radical (unpaired) electrons. The minimum absolute atomic E-state index is 0.250. The molecule has 0 bridgehead atoms. The molecule has 0 unspecified atom stereocenters. The summed E-state index contributed by atoms with van der Waals surface area (Å²) in [6, 6.07) is 5.07. The van der Waals surface area contributed by atoms with E-state index in [1.54, 1.807) is 6.07 Å². The number of ether oxygens (including phenoxy) is 1. The molecule has 1 fully saturated rings. The van der Waals surface area contributed by atoms with Crippen LogP contribution in [0.4, 0.5) is 4.39 Å². The molecule has 1 N–H and O–H groups in total. The van der Waals surface area contributed by atoms with Crippen LogP contribution in [0.3, 0.4) is 0 Å². The normalized spacial score (nSPS) is 16.1. The van der Waals surface area contributed by atoms with Gasteiger partial charge in [0.15, 0.2) is 5.82 Å². The molecule has 1 aliphatic heterocycles. The second-order valence-electron chi connectivity index (χ2n) is 6.06. The van der Waals surface area contributed by atoms with E-state index in [0.717, 1.165) is 42.9 Å². The van der Waals surface area contributed by atoms with Gasteiger partial charge in [0, 0.05) is 24.2 Å². The Bertz CT molecular complexity index is 852. The lowest BCUT2D eigenvalue weighted by Crippen LogP contribution is -2.35. The van der Waals surface area contributed by atoms with Crippen LogP contribution in [0.2, 0.25) is 0 Å². The maximum atomic E-state index is 13.9. The topological polar surface area (TPSA) is 67.2 Å². The van der Waals surface area contributed by atoms with Crippen LogP contribution < -0.4 is 0 Å². The maximum Gasteiger partial charge on any atom is 0.231 e. The predicted molar refractivity (Wildman–Crippen MR) is 86.2 cm³/mol. The molecule has 0 amide bonds. The number of morpholine rings is 1. The van der Waals surface area contributed by atoms with Gasteiger partial charge in [-0.25, -0.2) is 4.39 Å². The molecule has 0 saturated carbocycles. The van der Waals surface area contributed by atoms with Crippen LogP contribution in [0.5, 0.6) is 0 Å². The van der Waals surface area contributed by atoms with Crippen molar-refractivity contribution in [1.29, 1.82) is 0 Å². The first kappa shape index (κ1) is 15.3. The number of fused-ring (bicyclic) bond motifs is 1. The zero-order valence-corrected chi connectivity index (χ0v) is 13.5. The number of aromatic nitrogens is 3. The fraction of sp³-hybridized carbons (Fsp3) is 0.412. The maximum absolute atomic E-state index is 13.9. The van der Waals surface area contributed by atoms with E-state index in [4.69, 9.17) is 9.26 Å². The average molecular weight is 330 g/mol. The minimum atomic E-state index is -0.250. The van der Waals surface area contributed by atoms with E-state index < -0.39 is 0 Å². The van der Waals surface area contributed by atoms with Crippen LogP contribution >= 0.6 is 0 Å². The van der Waals surface area contributed by atoms with E-state index in [9.17, 15) is 4.39 Å². The molecule has 6 nitrogen and oxygen atoms in total. The fourth-order valence-corrected chi connectivity index (χ4v) is 3.13. The third-order valence-electron chi connectivity index (χ3n) is 4.41. The third kappa shape index (κ3) is 2.92. The van der Waals surface area contributed by atoms with E-state index >= 15 is 0 Å². The zero-order chi connectivity index (χ0) is 16.5. The summed E-state index contributed by atoms with van der Waals surface area (Å²) in [5.74, 6) is 0.975. The summed E-state index contributed by atoms with van der Waals surface area (Å²) in [6.45, 7) is 5.83. The number of para-hydroxylation sites is 1. The molecule has 2 aromatic heterocycles. The SMILES string of the molecule is Cc1[nH]c2c(F)cccc2c1Cc1nc(CN2CCOCC2)no1. The van der Waals surface area contributed by atoms with Gasteiger partial charge in [0.05, 0.1) is 31.7 Å². The Labute approximate surface area is 138 Å². The number of nitrogens with zero attached hydrogens (tertiary/aromatic N) is 3. The Morgan fingerprint density at radius 3 is 2.96 bits per heavy atom. The highest BCUT2D eigenvalue weighted by molar-refractivity contribution is 5.85. The molecule has 7 heteroatoms. The molecule has 0 aliphatic carbocycles. The van der Waals surface area contributed by atoms with E-state index in [2.05, 4.69) is 20.0 Å². The minimum Gasteiger partial charge on any atom is -0.379 e. The van der Waals surface area contributed by atoms with Gasteiger partial charge < -0.3 is 14.2 Å². The number of halogens is 1. The predicted octanol–water partition coefficient (Wildman–Crippen LogP) is 2.42. The lowest BCUT2D eigenvalue weighted by molar-refractivity contribution is 0.0327. The van der Waals surface area contributed by atoms with Crippen molar-refractivity contribution >= 4 is 10.9 Å². The van der Waals surface area contributed by atoms with Crippen LogP contribution in [0.25, 0.3) is 10.9 Å².